The lowest BCUT2D eigenvalue weighted by Crippen LogP contribution is -2.41. The maximum Gasteiger partial charge on any atom is 0.227 e. The Labute approximate surface area is 130 Å². The van der Waals surface area contributed by atoms with Crippen molar-refractivity contribution in [2.45, 2.75) is 26.3 Å². The van der Waals surface area contributed by atoms with E-state index in [0.29, 0.717) is 6.54 Å². The van der Waals surface area contributed by atoms with Gasteiger partial charge in [-0.3, -0.25) is 4.79 Å². The normalized spacial score (nSPS) is 18.1. The number of aromatic nitrogens is 1. The van der Waals surface area contributed by atoms with Crippen LogP contribution in [0.3, 0.4) is 0 Å². The van der Waals surface area contributed by atoms with E-state index in [0.717, 1.165) is 31.6 Å². The predicted molar refractivity (Wildman–Crippen MR) is 83.4 cm³/mol. The Morgan fingerprint density at radius 1 is 1.58 bits per heavy atom. The van der Waals surface area contributed by atoms with Gasteiger partial charge in [-0.25, -0.2) is 4.98 Å². The van der Waals surface area contributed by atoms with Crippen LogP contribution in [0.5, 0.6) is 0 Å². The Bertz CT molecular complexity index is 394. The van der Waals surface area contributed by atoms with E-state index in [1.807, 2.05) is 24.4 Å². The lowest BCUT2D eigenvalue weighted by molar-refractivity contribution is -0.135. The minimum Gasteiger partial charge on any atom is -0.340 e. The van der Waals surface area contributed by atoms with Crippen molar-refractivity contribution < 1.29 is 4.79 Å². The summed E-state index contributed by atoms with van der Waals surface area (Å²) in [5.74, 6) is 0.409. The van der Waals surface area contributed by atoms with Crippen molar-refractivity contribution in [1.29, 1.82) is 0 Å². The molecular formula is C12H21Cl2N3OS. The molecule has 1 aromatic heterocycles. The highest BCUT2D eigenvalue weighted by Gasteiger charge is 2.24. The molecule has 1 fully saturated rings. The first-order chi connectivity index (χ1) is 8.18. The average molecular weight is 326 g/mol. The lowest BCUT2D eigenvalue weighted by atomic mass is 9.98. The average Bonchev–Trinajstić information content (AvgIpc) is 2.75. The van der Waals surface area contributed by atoms with Crippen LogP contribution in [0, 0.1) is 12.8 Å². The SMILES string of the molecule is Cc1ncsc1CN(C)C(=O)[C@@H]1CCCNC1.Cl.Cl. The van der Waals surface area contributed by atoms with Gasteiger partial charge in [-0.1, -0.05) is 0 Å². The number of hydrogen-bond acceptors (Lipinski definition) is 4. The zero-order chi connectivity index (χ0) is 12.3. The fourth-order valence-corrected chi connectivity index (χ4v) is 2.98. The largest absolute Gasteiger partial charge is 0.340 e. The van der Waals surface area contributed by atoms with Gasteiger partial charge in [0.15, 0.2) is 0 Å². The molecule has 1 amide bonds. The van der Waals surface area contributed by atoms with Crippen LogP contribution in [0.4, 0.5) is 0 Å². The van der Waals surface area contributed by atoms with Crippen LogP contribution in [0.1, 0.15) is 23.4 Å². The first-order valence-electron chi connectivity index (χ1n) is 6.03. The number of halogens is 2. The molecule has 2 rings (SSSR count). The molecule has 1 aromatic rings. The molecule has 0 bridgehead atoms. The first kappa shape index (κ1) is 18.6. The monoisotopic (exact) mass is 325 g/mol. The molecule has 0 radical (unpaired) electrons. The summed E-state index contributed by atoms with van der Waals surface area (Å²) in [6.07, 6.45) is 2.11. The van der Waals surface area contributed by atoms with Gasteiger partial charge >= 0.3 is 0 Å². The summed E-state index contributed by atoms with van der Waals surface area (Å²) in [4.78, 5) is 19.4. The summed E-state index contributed by atoms with van der Waals surface area (Å²) in [5.41, 5.74) is 2.88. The number of hydrogen-bond donors (Lipinski definition) is 1. The molecule has 0 saturated carbocycles. The van der Waals surface area contributed by atoms with Gasteiger partial charge < -0.3 is 10.2 Å². The molecule has 1 saturated heterocycles. The molecule has 2 heterocycles. The number of piperidine rings is 1. The van der Waals surface area contributed by atoms with E-state index < -0.39 is 0 Å². The predicted octanol–water partition coefficient (Wildman–Crippen LogP) is 2.25. The number of carbonyl (C=O) groups is 1. The molecule has 110 valence electrons. The van der Waals surface area contributed by atoms with Crippen molar-refractivity contribution >= 4 is 42.1 Å². The van der Waals surface area contributed by atoms with Crippen molar-refractivity contribution in [2.24, 2.45) is 5.92 Å². The number of rotatable bonds is 3. The van der Waals surface area contributed by atoms with E-state index in [1.54, 1.807) is 11.3 Å². The second kappa shape index (κ2) is 8.74. The van der Waals surface area contributed by atoms with Crippen LogP contribution in [-0.4, -0.2) is 35.9 Å². The molecule has 1 aliphatic heterocycles. The van der Waals surface area contributed by atoms with E-state index in [4.69, 9.17) is 0 Å². The molecule has 1 aliphatic rings. The van der Waals surface area contributed by atoms with Crippen molar-refractivity contribution in [2.75, 3.05) is 20.1 Å². The van der Waals surface area contributed by atoms with Crippen LogP contribution in [0.15, 0.2) is 5.51 Å². The van der Waals surface area contributed by atoms with Crippen LogP contribution in [0.25, 0.3) is 0 Å². The van der Waals surface area contributed by atoms with E-state index in [9.17, 15) is 4.79 Å². The number of aryl methyl sites for hydroxylation is 1. The number of nitrogens with one attached hydrogen (secondary N) is 1. The minimum atomic E-state index is 0. The van der Waals surface area contributed by atoms with Crippen LogP contribution in [-0.2, 0) is 11.3 Å². The molecule has 1 N–H and O–H groups in total. The van der Waals surface area contributed by atoms with Gasteiger partial charge in [0.1, 0.15) is 0 Å². The second-order valence-electron chi connectivity index (χ2n) is 4.60. The summed E-state index contributed by atoms with van der Waals surface area (Å²) < 4.78 is 0. The molecular weight excluding hydrogens is 305 g/mol. The highest BCUT2D eigenvalue weighted by Crippen LogP contribution is 2.18. The lowest BCUT2D eigenvalue weighted by Gasteiger charge is -2.26. The maximum atomic E-state index is 12.2. The maximum absolute atomic E-state index is 12.2. The molecule has 0 aromatic carbocycles. The van der Waals surface area contributed by atoms with E-state index in [-0.39, 0.29) is 36.6 Å². The van der Waals surface area contributed by atoms with Crippen molar-refractivity contribution in [1.82, 2.24) is 15.2 Å². The minimum absolute atomic E-state index is 0. The standard InChI is InChI=1S/C12H19N3OS.2ClH/c1-9-11(17-8-14-9)7-15(2)12(16)10-4-3-5-13-6-10;;/h8,10,13H,3-7H2,1-2H3;2*1H/t10-;;/m1../s1. The van der Waals surface area contributed by atoms with E-state index in [2.05, 4.69) is 10.3 Å². The first-order valence-corrected chi connectivity index (χ1v) is 6.91. The van der Waals surface area contributed by atoms with Gasteiger partial charge in [0.05, 0.1) is 23.7 Å². The van der Waals surface area contributed by atoms with Gasteiger partial charge in [0.25, 0.3) is 0 Å². The Kier molecular flexibility index (Phi) is 8.57. The molecule has 4 nitrogen and oxygen atoms in total. The Morgan fingerprint density at radius 2 is 2.32 bits per heavy atom. The third-order valence-corrected chi connectivity index (χ3v) is 4.17. The van der Waals surface area contributed by atoms with Gasteiger partial charge in [0, 0.05) is 18.5 Å². The van der Waals surface area contributed by atoms with Crippen LogP contribution < -0.4 is 5.32 Å². The fourth-order valence-electron chi connectivity index (χ4n) is 2.15. The number of thiazole rings is 1. The second-order valence-corrected chi connectivity index (χ2v) is 5.54. The van der Waals surface area contributed by atoms with E-state index >= 15 is 0 Å². The highest BCUT2D eigenvalue weighted by atomic mass is 35.5. The smallest absolute Gasteiger partial charge is 0.227 e. The summed E-state index contributed by atoms with van der Waals surface area (Å²) in [6.45, 7) is 4.55. The quantitative estimate of drug-likeness (QED) is 0.927. The topological polar surface area (TPSA) is 45.2 Å². The zero-order valence-electron chi connectivity index (χ0n) is 11.2. The van der Waals surface area contributed by atoms with Gasteiger partial charge in [-0.05, 0) is 26.3 Å². The Hall–Kier alpha value is -0.360. The third kappa shape index (κ3) is 4.91. The fraction of sp³-hybridized carbons (Fsp3) is 0.667. The van der Waals surface area contributed by atoms with Gasteiger partial charge in [-0.2, -0.15) is 0 Å². The molecule has 7 heteroatoms. The molecule has 0 aliphatic carbocycles. The van der Waals surface area contributed by atoms with Crippen molar-refractivity contribution in [3.8, 4) is 0 Å². The van der Waals surface area contributed by atoms with Crippen LogP contribution in [0.2, 0.25) is 0 Å². The summed E-state index contributed by atoms with van der Waals surface area (Å²) in [7, 11) is 1.89. The Morgan fingerprint density at radius 3 is 2.84 bits per heavy atom. The van der Waals surface area contributed by atoms with Gasteiger partial charge in [0.2, 0.25) is 5.91 Å². The molecule has 1 atom stereocenters. The van der Waals surface area contributed by atoms with Crippen molar-refractivity contribution in [3.05, 3.63) is 16.1 Å². The summed E-state index contributed by atoms with van der Waals surface area (Å²) in [5, 5.41) is 3.28. The molecule has 19 heavy (non-hydrogen) atoms. The number of carbonyl (C=O) groups excluding carboxylic acids is 1. The van der Waals surface area contributed by atoms with Crippen LogP contribution >= 0.6 is 36.2 Å². The summed E-state index contributed by atoms with van der Waals surface area (Å²) in [6, 6.07) is 0. The summed E-state index contributed by atoms with van der Waals surface area (Å²) >= 11 is 1.62. The van der Waals surface area contributed by atoms with Crippen molar-refractivity contribution in [3.63, 3.8) is 0 Å². The number of nitrogens with zero attached hydrogens (tertiary/aromatic N) is 2. The number of amides is 1. The third-order valence-electron chi connectivity index (χ3n) is 3.25. The Balaban J connectivity index is 0.00000162. The van der Waals surface area contributed by atoms with E-state index in [1.165, 1.54) is 4.88 Å². The zero-order valence-corrected chi connectivity index (χ0v) is 13.7. The van der Waals surface area contributed by atoms with Gasteiger partial charge in [-0.15, -0.1) is 36.2 Å². The molecule has 0 spiro atoms. The highest BCUT2D eigenvalue weighted by molar-refractivity contribution is 7.09. The molecule has 0 unspecified atom stereocenters.